The van der Waals surface area contributed by atoms with Gasteiger partial charge in [-0.25, -0.2) is 9.98 Å². The molecule has 19 heavy (non-hydrogen) atoms. The van der Waals surface area contributed by atoms with Gasteiger partial charge in [0, 0.05) is 10.8 Å². The first-order valence-electron chi connectivity index (χ1n) is 6.83. The smallest absolute Gasteiger partial charge is 0.203 e. The molecular formula is C14H22N4S. The second-order valence-corrected chi connectivity index (χ2v) is 6.07. The largest absolute Gasteiger partial charge is 0.325 e. The number of aliphatic imine (C=N–C) groups is 2. The predicted molar refractivity (Wildman–Crippen MR) is 84.2 cm³/mol. The van der Waals surface area contributed by atoms with Crippen molar-refractivity contribution in [1.29, 1.82) is 0 Å². The molecule has 0 saturated heterocycles. The lowest BCUT2D eigenvalue weighted by Crippen LogP contribution is -2.43. The van der Waals surface area contributed by atoms with Gasteiger partial charge in [-0.3, -0.25) is 0 Å². The number of rotatable bonds is 4. The molecule has 2 heterocycles. The van der Waals surface area contributed by atoms with Crippen molar-refractivity contribution >= 4 is 28.8 Å². The minimum Gasteiger partial charge on any atom is -0.325 e. The van der Waals surface area contributed by atoms with Crippen LogP contribution in [0.5, 0.6) is 0 Å². The van der Waals surface area contributed by atoms with Crippen LogP contribution in [-0.2, 0) is 0 Å². The lowest BCUT2D eigenvalue weighted by atomic mass is 10.0. The first-order valence-corrected chi connectivity index (χ1v) is 7.71. The topological polar surface area (TPSA) is 48.8 Å². The molecule has 0 saturated carbocycles. The Morgan fingerprint density at radius 2 is 2.26 bits per heavy atom. The van der Waals surface area contributed by atoms with Crippen molar-refractivity contribution in [3.63, 3.8) is 0 Å². The van der Waals surface area contributed by atoms with E-state index in [1.807, 2.05) is 6.92 Å². The zero-order valence-electron chi connectivity index (χ0n) is 12.0. The van der Waals surface area contributed by atoms with Crippen LogP contribution in [0.25, 0.3) is 0 Å². The van der Waals surface area contributed by atoms with E-state index >= 15 is 0 Å². The highest BCUT2D eigenvalue weighted by Gasteiger charge is 2.18. The first kappa shape index (κ1) is 14.1. The van der Waals surface area contributed by atoms with Crippen LogP contribution in [0.15, 0.2) is 21.4 Å². The minimum atomic E-state index is -0.0167. The van der Waals surface area contributed by atoms with Gasteiger partial charge in [-0.05, 0) is 31.7 Å². The lowest BCUT2D eigenvalue weighted by Gasteiger charge is -2.23. The van der Waals surface area contributed by atoms with Crippen LogP contribution >= 0.6 is 11.3 Å². The number of nitrogens with one attached hydrogen (secondary N) is 2. The summed E-state index contributed by atoms with van der Waals surface area (Å²) in [5, 5.41) is 8.76. The number of hydrogen-bond acceptors (Lipinski definition) is 5. The Morgan fingerprint density at radius 1 is 1.47 bits per heavy atom. The zero-order chi connectivity index (χ0) is 13.8. The Hall–Kier alpha value is -1.36. The van der Waals surface area contributed by atoms with Gasteiger partial charge in [-0.15, -0.1) is 11.3 Å². The second kappa shape index (κ2) is 6.19. The molecule has 1 aromatic heterocycles. The van der Waals surface area contributed by atoms with E-state index in [0.29, 0.717) is 5.92 Å². The molecule has 0 aromatic carbocycles. The highest BCUT2D eigenvalue weighted by atomic mass is 32.1. The summed E-state index contributed by atoms with van der Waals surface area (Å²) < 4.78 is 0. The van der Waals surface area contributed by atoms with Crippen LogP contribution in [0.4, 0.5) is 5.69 Å². The van der Waals surface area contributed by atoms with Gasteiger partial charge < -0.3 is 10.6 Å². The maximum Gasteiger partial charge on any atom is 0.203 e. The molecule has 0 fully saturated rings. The molecule has 1 aliphatic rings. The van der Waals surface area contributed by atoms with E-state index < -0.39 is 0 Å². The maximum absolute atomic E-state index is 4.58. The molecule has 1 aromatic rings. The number of amidine groups is 1. The average Bonchev–Trinajstić information content (AvgIpc) is 2.74. The molecule has 5 heteroatoms. The third-order valence-corrected chi connectivity index (χ3v) is 4.03. The fourth-order valence-corrected chi connectivity index (χ4v) is 2.78. The minimum absolute atomic E-state index is 0.0167. The number of thiophene rings is 1. The molecule has 104 valence electrons. The summed E-state index contributed by atoms with van der Waals surface area (Å²) in [4.78, 5) is 10.4. The molecule has 0 spiro atoms. The predicted octanol–water partition coefficient (Wildman–Crippen LogP) is 3.61. The number of hydrogen-bond donors (Lipinski definition) is 2. The third kappa shape index (κ3) is 3.56. The summed E-state index contributed by atoms with van der Waals surface area (Å²) in [7, 11) is 0. The van der Waals surface area contributed by atoms with Gasteiger partial charge in [0.15, 0.2) is 0 Å². The van der Waals surface area contributed by atoms with Crippen molar-refractivity contribution in [3.05, 3.63) is 16.3 Å². The van der Waals surface area contributed by atoms with Gasteiger partial charge >= 0.3 is 0 Å². The number of nitrogens with zero attached hydrogens (tertiary/aromatic N) is 2. The Kier molecular flexibility index (Phi) is 4.58. The average molecular weight is 278 g/mol. The van der Waals surface area contributed by atoms with Gasteiger partial charge in [0.05, 0.1) is 5.69 Å². The van der Waals surface area contributed by atoms with Crippen molar-refractivity contribution < 1.29 is 0 Å². The highest BCUT2D eigenvalue weighted by Crippen LogP contribution is 2.21. The fraction of sp³-hybridized carbons (Fsp3) is 0.571. The van der Waals surface area contributed by atoms with Crippen molar-refractivity contribution in [2.75, 3.05) is 5.32 Å². The summed E-state index contributed by atoms with van der Waals surface area (Å²) >= 11 is 1.73. The van der Waals surface area contributed by atoms with Gasteiger partial charge in [0.25, 0.3) is 0 Å². The van der Waals surface area contributed by atoms with E-state index in [4.69, 9.17) is 0 Å². The molecule has 2 atom stereocenters. The molecular weight excluding hydrogens is 256 g/mol. The molecule has 2 rings (SSSR count). The van der Waals surface area contributed by atoms with Gasteiger partial charge in [-0.1, -0.05) is 20.3 Å². The Morgan fingerprint density at radius 3 is 2.89 bits per heavy atom. The van der Waals surface area contributed by atoms with Gasteiger partial charge in [0.1, 0.15) is 12.0 Å². The van der Waals surface area contributed by atoms with Crippen LogP contribution < -0.4 is 10.6 Å². The normalized spacial score (nSPS) is 20.3. The lowest BCUT2D eigenvalue weighted by molar-refractivity contribution is 0.636. The number of anilines is 1. The standard InChI is InChI=1S/C14H22N4S/c1-5-6-9(2)13-15-11(4)16-14(18-13)17-12-7-8-19-10(12)3/h7-9,11H,5-6H2,1-4H3,(H2,15,16,17,18). The van der Waals surface area contributed by atoms with E-state index in [9.17, 15) is 0 Å². The zero-order valence-corrected chi connectivity index (χ0v) is 12.8. The Bertz CT molecular complexity index is 489. The van der Waals surface area contributed by atoms with E-state index in [1.54, 1.807) is 11.3 Å². The Balaban J connectivity index is 2.06. The van der Waals surface area contributed by atoms with Gasteiger partial charge in [-0.2, -0.15) is 0 Å². The van der Waals surface area contributed by atoms with E-state index in [-0.39, 0.29) is 6.17 Å². The van der Waals surface area contributed by atoms with Crippen LogP contribution in [0.2, 0.25) is 0 Å². The SMILES string of the molecule is CCCC(C)C1=NC(C)N=C(Nc2ccsc2C)N1. The van der Waals surface area contributed by atoms with Crippen LogP contribution in [-0.4, -0.2) is 18.0 Å². The van der Waals surface area contributed by atoms with Crippen molar-refractivity contribution in [3.8, 4) is 0 Å². The molecule has 4 nitrogen and oxygen atoms in total. The molecule has 0 aliphatic carbocycles. The van der Waals surface area contributed by atoms with E-state index in [2.05, 4.69) is 52.8 Å². The number of guanidine groups is 1. The summed E-state index contributed by atoms with van der Waals surface area (Å²) in [6.45, 7) is 8.53. The summed E-state index contributed by atoms with van der Waals surface area (Å²) in [6.07, 6.45) is 2.29. The highest BCUT2D eigenvalue weighted by molar-refractivity contribution is 7.10. The van der Waals surface area contributed by atoms with Crippen molar-refractivity contribution in [2.45, 2.75) is 46.7 Å². The van der Waals surface area contributed by atoms with Crippen LogP contribution in [0, 0.1) is 12.8 Å². The molecule has 2 unspecified atom stereocenters. The number of aryl methyl sites for hydroxylation is 1. The summed E-state index contributed by atoms with van der Waals surface area (Å²) in [5.41, 5.74) is 1.12. The molecule has 0 radical (unpaired) electrons. The van der Waals surface area contributed by atoms with Crippen LogP contribution in [0.3, 0.4) is 0 Å². The van der Waals surface area contributed by atoms with E-state index in [0.717, 1.165) is 23.9 Å². The first-order chi connectivity index (χ1) is 9.10. The quantitative estimate of drug-likeness (QED) is 0.884. The molecule has 0 bridgehead atoms. The van der Waals surface area contributed by atoms with E-state index in [1.165, 1.54) is 11.3 Å². The fourth-order valence-electron chi connectivity index (χ4n) is 2.13. The van der Waals surface area contributed by atoms with Crippen molar-refractivity contribution in [2.24, 2.45) is 15.9 Å². The molecule has 2 N–H and O–H groups in total. The summed E-state index contributed by atoms with van der Waals surface area (Å²) in [6, 6.07) is 2.08. The third-order valence-electron chi connectivity index (χ3n) is 3.19. The van der Waals surface area contributed by atoms with Crippen LogP contribution in [0.1, 0.15) is 38.5 Å². The van der Waals surface area contributed by atoms with Gasteiger partial charge in [0.2, 0.25) is 5.96 Å². The Labute approximate surface area is 119 Å². The monoisotopic (exact) mass is 278 g/mol. The molecule has 1 aliphatic heterocycles. The summed E-state index contributed by atoms with van der Waals surface area (Å²) in [5.74, 6) is 2.30. The second-order valence-electron chi connectivity index (χ2n) is 4.95. The maximum atomic E-state index is 4.58. The van der Waals surface area contributed by atoms with Crippen molar-refractivity contribution in [1.82, 2.24) is 5.32 Å². The molecule has 0 amide bonds.